The molecular formula is C23H25O12P3. The Hall–Kier alpha value is -2.72. The van der Waals surface area contributed by atoms with Crippen molar-refractivity contribution in [2.75, 3.05) is 0 Å². The molecule has 0 aliphatic carbocycles. The van der Waals surface area contributed by atoms with Gasteiger partial charge in [0, 0.05) is 22.3 Å². The molecule has 0 aliphatic rings. The predicted octanol–water partition coefficient (Wildman–Crippen LogP) is 4.40. The second-order valence-corrected chi connectivity index (χ2v) is 11.8. The molecule has 0 fully saturated rings. The van der Waals surface area contributed by atoms with Crippen LogP contribution < -0.4 is 0 Å². The van der Waals surface area contributed by atoms with Crippen molar-refractivity contribution in [2.45, 2.75) is 12.5 Å². The standard InChI is InChI=1S/C23H20O2.H5O10P3/c1-18(2)22(24)25-23(19-12-6-3-7-13-19,20-14-8-4-9-15-20)21-16-10-5-11-17-21;1-11(2,3)9-13(7,8)10-12(4,5)6/h3-17H,1H2,2H3;(H,7,8)(H2,1,2,3)(H2,4,5,6). The van der Waals surface area contributed by atoms with E-state index >= 15 is 0 Å². The van der Waals surface area contributed by atoms with Crippen LogP contribution in [0.1, 0.15) is 23.6 Å². The van der Waals surface area contributed by atoms with E-state index in [-0.39, 0.29) is 0 Å². The lowest BCUT2D eigenvalue weighted by Crippen LogP contribution is -2.35. The van der Waals surface area contributed by atoms with Gasteiger partial charge < -0.3 is 29.2 Å². The third-order valence-electron chi connectivity index (χ3n) is 4.55. The maximum absolute atomic E-state index is 12.6. The van der Waals surface area contributed by atoms with E-state index in [9.17, 15) is 18.5 Å². The second kappa shape index (κ2) is 12.9. The lowest BCUT2D eigenvalue weighted by Gasteiger charge is -2.35. The van der Waals surface area contributed by atoms with Gasteiger partial charge in [-0.1, -0.05) is 97.6 Å². The number of hydrogen-bond acceptors (Lipinski definition) is 7. The summed E-state index contributed by atoms with van der Waals surface area (Å²) in [6, 6.07) is 29.4. The predicted molar refractivity (Wildman–Crippen MR) is 136 cm³/mol. The largest absolute Gasteiger partial charge is 0.490 e. The number of esters is 1. The lowest BCUT2D eigenvalue weighted by molar-refractivity contribution is -0.148. The van der Waals surface area contributed by atoms with Crippen molar-refractivity contribution in [2.24, 2.45) is 0 Å². The van der Waals surface area contributed by atoms with Gasteiger partial charge in [-0.05, 0) is 6.92 Å². The van der Waals surface area contributed by atoms with Gasteiger partial charge in [-0.15, -0.1) is 0 Å². The zero-order chi connectivity index (χ0) is 28.6. The molecule has 0 radical (unpaired) electrons. The quantitative estimate of drug-likeness (QED) is 0.103. The Morgan fingerprint density at radius 2 is 0.947 bits per heavy atom. The van der Waals surface area contributed by atoms with Crippen LogP contribution in [-0.2, 0) is 37.4 Å². The number of carbonyl (C=O) groups excluding carboxylic acids is 1. The Labute approximate surface area is 218 Å². The first-order chi connectivity index (χ1) is 17.6. The van der Waals surface area contributed by atoms with Gasteiger partial charge >= 0.3 is 29.4 Å². The summed E-state index contributed by atoms with van der Waals surface area (Å²) in [7, 11) is -16.2. The highest BCUT2D eigenvalue weighted by Gasteiger charge is 2.41. The number of phosphoric acid groups is 3. The molecule has 15 heteroatoms. The molecule has 0 saturated heterocycles. The van der Waals surface area contributed by atoms with Gasteiger partial charge in [-0.2, -0.15) is 8.62 Å². The minimum absolute atomic E-state index is 0.368. The monoisotopic (exact) mass is 586 g/mol. The SMILES string of the molecule is C=C(C)C(=O)OC(c1ccccc1)(c1ccccc1)c1ccccc1.O=P(O)(O)OP(=O)(O)OP(=O)(O)O. The third kappa shape index (κ3) is 9.54. The molecule has 3 aromatic carbocycles. The molecular weight excluding hydrogens is 561 g/mol. The first kappa shape index (κ1) is 31.5. The maximum atomic E-state index is 12.6. The van der Waals surface area contributed by atoms with Crippen molar-refractivity contribution in [3.05, 3.63) is 120 Å². The molecule has 0 amide bonds. The van der Waals surface area contributed by atoms with E-state index in [1.807, 2.05) is 91.0 Å². The zero-order valence-corrected chi connectivity index (χ0v) is 22.5. The van der Waals surface area contributed by atoms with Gasteiger partial charge in [-0.3, -0.25) is 0 Å². The van der Waals surface area contributed by atoms with Crippen molar-refractivity contribution >= 4 is 29.4 Å². The Bertz CT molecular complexity index is 1240. The maximum Gasteiger partial charge on any atom is 0.490 e. The Balaban J connectivity index is 0.000000332. The Morgan fingerprint density at radius 3 is 1.18 bits per heavy atom. The number of carbonyl (C=O) groups is 1. The van der Waals surface area contributed by atoms with Gasteiger partial charge in [0.2, 0.25) is 0 Å². The van der Waals surface area contributed by atoms with Gasteiger partial charge in [-0.25, -0.2) is 18.5 Å². The molecule has 3 aromatic rings. The van der Waals surface area contributed by atoms with Gasteiger partial charge in [0.1, 0.15) is 0 Å². The van der Waals surface area contributed by atoms with E-state index in [1.165, 1.54) is 0 Å². The van der Waals surface area contributed by atoms with E-state index in [1.54, 1.807) is 6.92 Å². The van der Waals surface area contributed by atoms with Crippen LogP contribution in [0.4, 0.5) is 0 Å². The topological polar surface area (TPSA) is 197 Å². The highest BCUT2D eigenvalue weighted by atomic mass is 31.3. The van der Waals surface area contributed by atoms with E-state index < -0.39 is 35.0 Å². The van der Waals surface area contributed by atoms with Crippen LogP contribution >= 0.6 is 23.5 Å². The van der Waals surface area contributed by atoms with Crippen molar-refractivity contribution in [3.63, 3.8) is 0 Å². The minimum atomic E-state index is -5.46. The van der Waals surface area contributed by atoms with Crippen LogP contribution in [0.25, 0.3) is 0 Å². The average Bonchev–Trinajstić information content (AvgIpc) is 2.81. The average molecular weight is 586 g/mol. The summed E-state index contributed by atoms with van der Waals surface area (Å²) in [4.78, 5) is 52.8. The summed E-state index contributed by atoms with van der Waals surface area (Å²) in [5, 5.41) is 0. The fourth-order valence-corrected chi connectivity index (χ4v) is 5.74. The molecule has 0 heterocycles. The summed E-state index contributed by atoms with van der Waals surface area (Å²) in [6.07, 6.45) is 0. The van der Waals surface area contributed by atoms with Crippen LogP contribution in [0.5, 0.6) is 0 Å². The van der Waals surface area contributed by atoms with E-state index in [4.69, 9.17) is 29.2 Å². The van der Waals surface area contributed by atoms with E-state index in [0.29, 0.717) is 5.57 Å². The van der Waals surface area contributed by atoms with Gasteiger partial charge in [0.15, 0.2) is 5.60 Å². The molecule has 204 valence electrons. The number of benzene rings is 3. The molecule has 0 aliphatic heterocycles. The van der Waals surface area contributed by atoms with Crippen molar-refractivity contribution in [1.29, 1.82) is 0 Å². The van der Waals surface area contributed by atoms with Crippen LogP contribution in [0.3, 0.4) is 0 Å². The highest BCUT2D eigenvalue weighted by molar-refractivity contribution is 7.66. The smallest absolute Gasteiger partial charge is 0.441 e. The van der Waals surface area contributed by atoms with Crippen LogP contribution in [0, 0.1) is 0 Å². The lowest BCUT2D eigenvalue weighted by atomic mass is 9.80. The fourth-order valence-electron chi connectivity index (χ4n) is 3.21. The number of rotatable bonds is 9. The molecule has 0 aromatic heterocycles. The van der Waals surface area contributed by atoms with Gasteiger partial charge in [0.25, 0.3) is 0 Å². The summed E-state index contributed by atoms with van der Waals surface area (Å²) in [6.45, 7) is 5.41. The first-order valence-electron chi connectivity index (χ1n) is 10.5. The molecule has 0 bridgehead atoms. The third-order valence-corrected chi connectivity index (χ3v) is 7.91. The summed E-state index contributed by atoms with van der Waals surface area (Å²) in [5.74, 6) is -0.420. The molecule has 0 atom stereocenters. The summed E-state index contributed by atoms with van der Waals surface area (Å²) >= 11 is 0. The van der Waals surface area contributed by atoms with Crippen molar-refractivity contribution < 1.29 is 56.3 Å². The van der Waals surface area contributed by atoms with Crippen molar-refractivity contribution in [3.8, 4) is 0 Å². The van der Waals surface area contributed by atoms with Crippen molar-refractivity contribution in [1.82, 2.24) is 0 Å². The zero-order valence-electron chi connectivity index (χ0n) is 19.8. The van der Waals surface area contributed by atoms with E-state index in [0.717, 1.165) is 16.7 Å². The molecule has 12 nitrogen and oxygen atoms in total. The first-order valence-corrected chi connectivity index (χ1v) is 15.0. The fraction of sp³-hybridized carbons (Fsp3) is 0.0870. The highest BCUT2D eigenvalue weighted by Crippen LogP contribution is 2.64. The molecule has 0 spiro atoms. The molecule has 0 saturated carbocycles. The Morgan fingerprint density at radius 1 is 0.658 bits per heavy atom. The van der Waals surface area contributed by atoms with E-state index in [2.05, 4.69) is 15.2 Å². The van der Waals surface area contributed by atoms with Crippen LogP contribution in [-0.4, -0.2) is 30.4 Å². The molecule has 38 heavy (non-hydrogen) atoms. The number of hydrogen-bond donors (Lipinski definition) is 5. The summed E-state index contributed by atoms with van der Waals surface area (Å²) < 4.78 is 42.5. The minimum Gasteiger partial charge on any atom is -0.441 e. The second-order valence-electron chi connectivity index (χ2n) is 7.56. The summed E-state index contributed by atoms with van der Waals surface area (Å²) in [5.41, 5.74) is 2.01. The van der Waals surface area contributed by atoms with Crippen LogP contribution in [0.2, 0.25) is 0 Å². The molecule has 0 unspecified atom stereocenters. The Kier molecular flexibility index (Phi) is 10.7. The van der Waals surface area contributed by atoms with Crippen LogP contribution in [0.15, 0.2) is 103 Å². The number of ether oxygens (including phenoxy) is 1. The molecule has 3 rings (SSSR count). The van der Waals surface area contributed by atoms with Gasteiger partial charge in [0.05, 0.1) is 0 Å². The normalized spacial score (nSPS) is 12.2. The molecule has 5 N–H and O–H groups in total.